The van der Waals surface area contributed by atoms with Crippen LogP contribution in [0.4, 0.5) is 0 Å². The highest BCUT2D eigenvalue weighted by molar-refractivity contribution is 6.14. The highest BCUT2D eigenvalue weighted by Gasteiger charge is 2.09. The van der Waals surface area contributed by atoms with Gasteiger partial charge >= 0.3 is 0 Å². The minimum Gasteiger partial charge on any atom is -0.355 e. The quantitative estimate of drug-likeness (QED) is 0.510. The van der Waals surface area contributed by atoms with Crippen LogP contribution >= 0.6 is 0 Å². The molecule has 5 nitrogen and oxygen atoms in total. The van der Waals surface area contributed by atoms with Crippen molar-refractivity contribution in [2.45, 2.75) is 0 Å². The van der Waals surface area contributed by atoms with Gasteiger partial charge in [-0.1, -0.05) is 0 Å². The molecule has 0 fully saturated rings. The van der Waals surface area contributed by atoms with Gasteiger partial charge in [0.25, 0.3) is 0 Å². The van der Waals surface area contributed by atoms with Gasteiger partial charge in [0.15, 0.2) is 6.29 Å². The normalized spacial score (nSPS) is 12.8. The average Bonchev–Trinajstić information content (AvgIpc) is 3.39. The third-order valence-electron chi connectivity index (χ3n) is 4.32. The van der Waals surface area contributed by atoms with E-state index in [0.29, 0.717) is 11.3 Å². The fourth-order valence-corrected chi connectivity index (χ4v) is 3.13. The summed E-state index contributed by atoms with van der Waals surface area (Å²) in [5.41, 5.74) is 7.46. The van der Waals surface area contributed by atoms with Crippen molar-refractivity contribution in [3.05, 3.63) is 71.3 Å². The van der Waals surface area contributed by atoms with Crippen molar-refractivity contribution in [1.29, 1.82) is 0 Å². The zero-order valence-electron chi connectivity index (χ0n) is 13.7. The first-order chi connectivity index (χ1) is 12.7. The van der Waals surface area contributed by atoms with Gasteiger partial charge in [-0.25, -0.2) is 9.97 Å². The number of allylic oxidation sites excluding steroid dienone is 1. The molecule has 0 atom stereocenters. The number of nitrogens with zero attached hydrogens (tertiary/aromatic N) is 2. The Kier molecular flexibility index (Phi) is 3.18. The summed E-state index contributed by atoms with van der Waals surface area (Å²) in [6, 6.07) is 15.7. The average molecular weight is 338 g/mol. The van der Waals surface area contributed by atoms with Crippen LogP contribution in [0.3, 0.4) is 0 Å². The monoisotopic (exact) mass is 338 g/mol. The maximum absolute atomic E-state index is 11.4. The van der Waals surface area contributed by atoms with Crippen LogP contribution in [0.15, 0.2) is 48.5 Å². The Balaban J connectivity index is 1.86. The number of nitrogens with one attached hydrogen (secondary N) is 2. The van der Waals surface area contributed by atoms with Gasteiger partial charge in [0.1, 0.15) is 0 Å². The van der Waals surface area contributed by atoms with Gasteiger partial charge in [0.05, 0.1) is 22.8 Å². The lowest BCUT2D eigenvalue weighted by atomic mass is 10.2. The van der Waals surface area contributed by atoms with Gasteiger partial charge in [-0.05, 0) is 66.8 Å². The minimum atomic E-state index is 0.570. The summed E-state index contributed by atoms with van der Waals surface area (Å²) in [6.45, 7) is 0. The van der Waals surface area contributed by atoms with Crippen molar-refractivity contribution in [2.75, 3.05) is 0 Å². The first-order valence-corrected chi connectivity index (χ1v) is 8.29. The number of carbonyl (C=O) groups is 1. The molecule has 0 spiro atoms. The van der Waals surface area contributed by atoms with E-state index >= 15 is 0 Å². The molecule has 0 aromatic carbocycles. The van der Waals surface area contributed by atoms with Crippen LogP contribution in [0.1, 0.15) is 22.8 Å². The molecule has 0 aliphatic carbocycles. The van der Waals surface area contributed by atoms with E-state index in [2.05, 4.69) is 19.9 Å². The fraction of sp³-hybridized carbons (Fsp3) is 0. The van der Waals surface area contributed by atoms with Crippen LogP contribution in [0, 0.1) is 0 Å². The maximum atomic E-state index is 11.4. The standard InChI is InChI=1S/C21H14N4O/c26-12-13-7-20-10-18-4-3-16(23-18)8-14-1-2-15(22-14)9-17-5-6-19(24-17)11-21(13)25-20/h1-12,23-24H. The fourth-order valence-electron chi connectivity index (χ4n) is 3.13. The second-order valence-corrected chi connectivity index (χ2v) is 6.25. The molecule has 0 amide bonds. The molecule has 3 aromatic rings. The SMILES string of the molecule is O=CC1=Cc2cc3ccc(cc4nc(cc5ccc(cc1n2)[nH]5)C=C4)[nH]3. The molecule has 2 N–H and O–H groups in total. The van der Waals surface area contributed by atoms with E-state index < -0.39 is 0 Å². The molecule has 0 radical (unpaired) electrons. The lowest BCUT2D eigenvalue weighted by Gasteiger charge is -1.88. The molecular formula is C21H14N4O. The summed E-state index contributed by atoms with van der Waals surface area (Å²) in [6.07, 6.45) is 6.61. The molecule has 0 saturated carbocycles. The van der Waals surface area contributed by atoms with Crippen LogP contribution < -0.4 is 0 Å². The molecule has 2 aliphatic rings. The predicted molar refractivity (Wildman–Crippen MR) is 104 cm³/mol. The molecule has 5 heteroatoms. The number of carbonyl (C=O) groups excluding carboxylic acids is 1. The van der Waals surface area contributed by atoms with E-state index in [0.717, 1.165) is 45.4 Å². The maximum Gasteiger partial charge on any atom is 0.152 e. The Labute approximate surface area is 148 Å². The summed E-state index contributed by atoms with van der Waals surface area (Å²) in [5, 5.41) is 0. The zero-order chi connectivity index (χ0) is 17.5. The Morgan fingerprint density at radius 3 is 1.81 bits per heavy atom. The third-order valence-corrected chi connectivity index (χ3v) is 4.32. The van der Waals surface area contributed by atoms with E-state index in [9.17, 15) is 4.79 Å². The smallest absolute Gasteiger partial charge is 0.152 e. The largest absolute Gasteiger partial charge is 0.355 e. The first kappa shape index (κ1) is 14.6. The van der Waals surface area contributed by atoms with E-state index in [4.69, 9.17) is 0 Å². The first-order valence-electron chi connectivity index (χ1n) is 8.29. The number of rotatable bonds is 1. The van der Waals surface area contributed by atoms with E-state index in [1.165, 1.54) is 0 Å². The van der Waals surface area contributed by atoms with Crippen LogP contribution in [0.2, 0.25) is 0 Å². The Morgan fingerprint density at radius 2 is 1.23 bits per heavy atom. The number of aromatic nitrogens is 4. The molecule has 124 valence electrons. The Morgan fingerprint density at radius 1 is 0.692 bits per heavy atom. The topological polar surface area (TPSA) is 74.4 Å². The van der Waals surface area contributed by atoms with E-state index in [1.807, 2.05) is 60.7 Å². The number of H-pyrrole nitrogens is 2. The molecule has 5 heterocycles. The van der Waals surface area contributed by atoms with Crippen molar-refractivity contribution in [2.24, 2.45) is 0 Å². The van der Waals surface area contributed by atoms with Gasteiger partial charge in [-0.3, -0.25) is 4.79 Å². The highest BCUT2D eigenvalue weighted by atomic mass is 16.1. The van der Waals surface area contributed by atoms with Gasteiger partial charge < -0.3 is 9.97 Å². The lowest BCUT2D eigenvalue weighted by Crippen LogP contribution is -1.81. The molecule has 26 heavy (non-hydrogen) atoms. The van der Waals surface area contributed by atoms with Crippen molar-refractivity contribution in [1.82, 2.24) is 19.9 Å². The highest BCUT2D eigenvalue weighted by Crippen LogP contribution is 2.21. The zero-order valence-corrected chi connectivity index (χ0v) is 13.7. The van der Waals surface area contributed by atoms with Crippen LogP contribution in [0.5, 0.6) is 0 Å². The van der Waals surface area contributed by atoms with E-state index in [1.54, 1.807) is 6.08 Å². The van der Waals surface area contributed by atoms with Crippen LogP contribution in [0.25, 0.3) is 45.9 Å². The van der Waals surface area contributed by atoms with E-state index in [-0.39, 0.29) is 0 Å². The molecule has 5 rings (SSSR count). The summed E-state index contributed by atoms with van der Waals surface area (Å²) < 4.78 is 0. The van der Waals surface area contributed by atoms with Crippen molar-refractivity contribution >= 4 is 52.2 Å². The van der Waals surface area contributed by atoms with Crippen LogP contribution in [-0.2, 0) is 4.79 Å². The van der Waals surface area contributed by atoms with Crippen LogP contribution in [-0.4, -0.2) is 26.2 Å². The number of fused-ring (bicyclic) bond motifs is 8. The van der Waals surface area contributed by atoms with Gasteiger partial charge in [-0.15, -0.1) is 0 Å². The Hall–Kier alpha value is -3.73. The molecule has 3 aromatic heterocycles. The summed E-state index contributed by atoms with van der Waals surface area (Å²) in [5.74, 6) is 0. The van der Waals surface area contributed by atoms with Crippen molar-refractivity contribution < 1.29 is 4.79 Å². The second kappa shape index (κ2) is 5.67. The molecule has 2 aliphatic heterocycles. The lowest BCUT2D eigenvalue weighted by molar-refractivity contribution is -0.103. The molecular weight excluding hydrogens is 324 g/mol. The summed E-state index contributed by atoms with van der Waals surface area (Å²) in [4.78, 5) is 27.2. The third kappa shape index (κ3) is 2.65. The second-order valence-electron chi connectivity index (χ2n) is 6.25. The number of hydrogen-bond donors (Lipinski definition) is 2. The van der Waals surface area contributed by atoms with Gasteiger partial charge in [0, 0.05) is 27.6 Å². The summed E-state index contributed by atoms with van der Waals surface area (Å²) >= 11 is 0. The predicted octanol–water partition coefficient (Wildman–Crippen LogP) is 4.22. The van der Waals surface area contributed by atoms with Gasteiger partial charge in [-0.2, -0.15) is 0 Å². The number of aromatic amines is 2. The van der Waals surface area contributed by atoms with Crippen molar-refractivity contribution in [3.8, 4) is 0 Å². The minimum absolute atomic E-state index is 0.570. The molecule has 8 bridgehead atoms. The summed E-state index contributed by atoms with van der Waals surface area (Å²) in [7, 11) is 0. The molecule has 0 saturated heterocycles. The van der Waals surface area contributed by atoms with Gasteiger partial charge in [0.2, 0.25) is 0 Å². The van der Waals surface area contributed by atoms with Crippen molar-refractivity contribution in [3.63, 3.8) is 0 Å². The number of hydrogen-bond acceptors (Lipinski definition) is 3. The number of aldehydes is 1. The molecule has 0 unspecified atom stereocenters. The Bertz CT molecular complexity index is 1260.